The minimum Gasteiger partial charge on any atom is -0.457 e. The van der Waals surface area contributed by atoms with E-state index in [4.69, 9.17) is 4.74 Å². The number of carbonyl (C=O) groups excluding carboxylic acids is 3. The van der Waals surface area contributed by atoms with Crippen molar-refractivity contribution in [1.29, 1.82) is 0 Å². The van der Waals surface area contributed by atoms with E-state index in [9.17, 15) is 19.5 Å². The maximum atomic E-state index is 17.3. The molecule has 0 saturated heterocycles. The minimum atomic E-state index is -1.92. The number of carbonyl (C=O) groups is 3. The summed E-state index contributed by atoms with van der Waals surface area (Å²) in [5.74, 6) is -0.811. The van der Waals surface area contributed by atoms with E-state index in [0.29, 0.717) is 31.4 Å². The molecule has 4 rings (SSSR count). The van der Waals surface area contributed by atoms with Gasteiger partial charge in [-0.05, 0) is 56.6 Å². The smallest absolute Gasteiger partial charge is 0.306 e. The first-order valence-corrected chi connectivity index (χ1v) is 13.6. The summed E-state index contributed by atoms with van der Waals surface area (Å²) >= 11 is 1.18. The molecule has 1 N–H and O–H groups in total. The molecule has 0 radical (unpaired) electrons. The molecule has 2 unspecified atom stereocenters. The molecule has 0 heterocycles. The SMILES string of the molecule is CCC(=O)O[C@]1(CSC(=O)CC)[C@H](C)CC2C3CCC4=CC(=O)C=C[C@]4(C)[C@@]3(F)[C@@H](O)C[C@@]21C. The van der Waals surface area contributed by atoms with E-state index in [1.807, 2.05) is 13.8 Å². The number of aliphatic hydroxyl groups is 1. The zero-order valence-corrected chi connectivity index (χ0v) is 21.7. The van der Waals surface area contributed by atoms with E-state index in [-0.39, 0.29) is 41.5 Å². The summed E-state index contributed by atoms with van der Waals surface area (Å²) < 4.78 is 23.5. The Morgan fingerprint density at radius 1 is 1.24 bits per heavy atom. The van der Waals surface area contributed by atoms with E-state index < -0.39 is 34.1 Å². The summed E-state index contributed by atoms with van der Waals surface area (Å²) in [6.45, 7) is 9.41. The first-order valence-electron chi connectivity index (χ1n) is 12.6. The Morgan fingerprint density at radius 2 is 1.94 bits per heavy atom. The maximum Gasteiger partial charge on any atom is 0.306 e. The van der Waals surface area contributed by atoms with E-state index in [1.54, 1.807) is 26.8 Å². The molecule has 7 heteroatoms. The summed E-state index contributed by atoms with van der Waals surface area (Å²) in [6, 6.07) is 0. The lowest BCUT2D eigenvalue weighted by Crippen LogP contribution is -2.69. The van der Waals surface area contributed by atoms with Crippen LogP contribution >= 0.6 is 11.8 Å². The van der Waals surface area contributed by atoms with Crippen LogP contribution < -0.4 is 0 Å². The standard InChI is InChI=1S/C27H37FO5S/c1-6-22(31)33-26(15-34-23(32)7-2)16(3)12-20-19-9-8-17-13-18(29)10-11-24(17,4)27(19,28)21(30)14-25(20,26)5/h10-11,13,16,19-21,30H,6-9,12,14-15H2,1-5H3/t16-,19?,20?,21+,24+,25+,26-,27+/m1/s1. The summed E-state index contributed by atoms with van der Waals surface area (Å²) in [5.41, 5.74) is -3.86. The largest absolute Gasteiger partial charge is 0.457 e. The van der Waals surface area contributed by atoms with Gasteiger partial charge < -0.3 is 9.84 Å². The van der Waals surface area contributed by atoms with Crippen molar-refractivity contribution in [2.24, 2.45) is 28.6 Å². The highest BCUT2D eigenvalue weighted by molar-refractivity contribution is 8.13. The van der Waals surface area contributed by atoms with Crippen molar-refractivity contribution < 1.29 is 28.6 Å². The third-order valence-electron chi connectivity index (χ3n) is 9.72. The van der Waals surface area contributed by atoms with Crippen LogP contribution in [-0.2, 0) is 19.1 Å². The highest BCUT2D eigenvalue weighted by atomic mass is 32.2. The minimum absolute atomic E-state index is 0.0272. The molecule has 4 aliphatic rings. The van der Waals surface area contributed by atoms with Gasteiger partial charge in [-0.1, -0.05) is 51.1 Å². The van der Waals surface area contributed by atoms with Gasteiger partial charge >= 0.3 is 5.97 Å². The van der Waals surface area contributed by atoms with Crippen LogP contribution in [0.15, 0.2) is 23.8 Å². The van der Waals surface area contributed by atoms with Crippen molar-refractivity contribution in [2.75, 3.05) is 5.75 Å². The van der Waals surface area contributed by atoms with Gasteiger partial charge in [0.05, 0.1) is 6.10 Å². The first-order chi connectivity index (χ1) is 15.9. The predicted molar refractivity (Wildman–Crippen MR) is 130 cm³/mol. The van der Waals surface area contributed by atoms with Gasteiger partial charge in [-0.25, -0.2) is 4.39 Å². The molecule has 5 nitrogen and oxygen atoms in total. The summed E-state index contributed by atoms with van der Waals surface area (Å²) in [5, 5.41) is 11.6. The number of hydrogen-bond donors (Lipinski definition) is 1. The summed E-state index contributed by atoms with van der Waals surface area (Å²) in [7, 11) is 0. The van der Waals surface area contributed by atoms with Crippen LogP contribution in [-0.4, -0.2) is 45.1 Å². The van der Waals surface area contributed by atoms with Crippen molar-refractivity contribution >= 4 is 28.6 Å². The lowest BCUT2D eigenvalue weighted by Gasteiger charge is -2.63. The Bertz CT molecular complexity index is 961. The highest BCUT2D eigenvalue weighted by Gasteiger charge is 2.75. The molecule has 3 fully saturated rings. The molecule has 4 aliphatic carbocycles. The average molecular weight is 493 g/mol. The lowest BCUT2D eigenvalue weighted by atomic mass is 9.45. The number of alkyl halides is 1. The molecule has 8 atom stereocenters. The van der Waals surface area contributed by atoms with E-state index in [0.717, 1.165) is 5.57 Å². The number of halogens is 1. The molecule has 0 aromatic rings. The quantitative estimate of drug-likeness (QED) is 0.546. The molecule has 188 valence electrons. The molecule has 0 amide bonds. The van der Waals surface area contributed by atoms with Gasteiger partial charge in [-0.15, -0.1) is 0 Å². The van der Waals surface area contributed by atoms with Gasteiger partial charge in [0.25, 0.3) is 0 Å². The van der Waals surface area contributed by atoms with Crippen LogP contribution in [0.5, 0.6) is 0 Å². The number of ketones is 1. The molecule has 0 spiro atoms. The second-order valence-corrected chi connectivity index (χ2v) is 12.2. The van der Waals surface area contributed by atoms with Crippen molar-refractivity contribution in [1.82, 2.24) is 0 Å². The lowest BCUT2D eigenvalue weighted by molar-refractivity contribution is -0.225. The fourth-order valence-corrected chi connectivity index (χ4v) is 8.99. The third kappa shape index (κ3) is 3.32. The van der Waals surface area contributed by atoms with Crippen LogP contribution in [0.25, 0.3) is 0 Å². The number of aliphatic hydroxyl groups excluding tert-OH is 1. The maximum absolute atomic E-state index is 17.3. The van der Waals surface area contributed by atoms with Gasteiger partial charge in [0.15, 0.2) is 16.6 Å². The van der Waals surface area contributed by atoms with Crippen molar-refractivity contribution in [3.63, 3.8) is 0 Å². The number of fused-ring (bicyclic) bond motifs is 5. The zero-order valence-electron chi connectivity index (χ0n) is 20.9. The number of rotatable bonds is 5. The Hall–Kier alpha value is -1.47. The summed E-state index contributed by atoms with van der Waals surface area (Å²) in [4.78, 5) is 36.9. The predicted octanol–water partition coefficient (Wildman–Crippen LogP) is 4.97. The number of hydrogen-bond acceptors (Lipinski definition) is 6. The van der Waals surface area contributed by atoms with Gasteiger partial charge in [-0.3, -0.25) is 14.4 Å². The molecular weight excluding hydrogens is 455 g/mol. The van der Waals surface area contributed by atoms with E-state index in [2.05, 4.69) is 0 Å². The Morgan fingerprint density at radius 3 is 2.59 bits per heavy atom. The van der Waals surface area contributed by atoms with Gasteiger partial charge in [-0.2, -0.15) is 0 Å². The summed E-state index contributed by atoms with van der Waals surface area (Å²) in [6.07, 6.45) is 5.85. The molecule has 0 aliphatic heterocycles. The normalized spacial score (nSPS) is 45.1. The van der Waals surface area contributed by atoms with Gasteiger partial charge in [0.1, 0.15) is 5.60 Å². The third-order valence-corrected chi connectivity index (χ3v) is 10.9. The van der Waals surface area contributed by atoms with Crippen LogP contribution in [0, 0.1) is 28.6 Å². The molecule has 0 aromatic heterocycles. The van der Waals surface area contributed by atoms with Crippen molar-refractivity contribution in [2.45, 2.75) is 90.5 Å². The van der Waals surface area contributed by atoms with Crippen LogP contribution in [0.4, 0.5) is 4.39 Å². The van der Waals surface area contributed by atoms with Crippen molar-refractivity contribution in [3.05, 3.63) is 23.8 Å². The Labute approximate surface area is 206 Å². The zero-order chi connectivity index (χ0) is 25.1. The van der Waals surface area contributed by atoms with Crippen molar-refractivity contribution in [3.8, 4) is 0 Å². The number of esters is 1. The molecule has 34 heavy (non-hydrogen) atoms. The first kappa shape index (κ1) is 25.6. The number of ether oxygens (including phenoxy) is 1. The Balaban J connectivity index is 1.79. The van der Waals surface area contributed by atoms with Crippen LogP contribution in [0.3, 0.4) is 0 Å². The fourth-order valence-electron chi connectivity index (χ4n) is 7.73. The Kier molecular flexibility index (Phi) is 6.46. The number of allylic oxidation sites excluding steroid dienone is 4. The average Bonchev–Trinajstić information content (AvgIpc) is 3.00. The molecular formula is C27H37FO5S. The topological polar surface area (TPSA) is 80.7 Å². The van der Waals surface area contributed by atoms with Crippen LogP contribution in [0.2, 0.25) is 0 Å². The van der Waals surface area contributed by atoms with E-state index >= 15 is 4.39 Å². The van der Waals surface area contributed by atoms with Gasteiger partial charge in [0, 0.05) is 35.3 Å². The molecule has 0 bridgehead atoms. The molecule has 3 saturated carbocycles. The van der Waals surface area contributed by atoms with Crippen LogP contribution in [0.1, 0.15) is 73.1 Å². The highest BCUT2D eigenvalue weighted by Crippen LogP contribution is 2.71. The number of thioether (sulfide) groups is 1. The molecule has 0 aromatic carbocycles. The van der Waals surface area contributed by atoms with Gasteiger partial charge in [0.2, 0.25) is 0 Å². The second kappa shape index (κ2) is 8.58. The second-order valence-electron chi connectivity index (χ2n) is 11.1. The fraction of sp³-hybridized carbons (Fsp3) is 0.741. The van der Waals surface area contributed by atoms with E-state index in [1.165, 1.54) is 23.9 Å². The monoisotopic (exact) mass is 492 g/mol.